The van der Waals surface area contributed by atoms with Gasteiger partial charge in [-0.1, -0.05) is 54.8 Å². The molecule has 0 aliphatic carbocycles. The van der Waals surface area contributed by atoms with E-state index in [-0.39, 0.29) is 0 Å². The van der Waals surface area contributed by atoms with E-state index in [9.17, 15) is 0 Å². The molecule has 0 amide bonds. The fourth-order valence-corrected chi connectivity index (χ4v) is 3.24. The zero-order valence-corrected chi connectivity index (χ0v) is 14.5. The first kappa shape index (κ1) is 17.4. The summed E-state index contributed by atoms with van der Waals surface area (Å²) in [5.41, 5.74) is 4.74. The van der Waals surface area contributed by atoms with E-state index in [0.717, 1.165) is 5.70 Å². The van der Waals surface area contributed by atoms with E-state index < -0.39 is 0 Å². The van der Waals surface area contributed by atoms with Crippen molar-refractivity contribution in [2.75, 3.05) is 0 Å². The van der Waals surface area contributed by atoms with Gasteiger partial charge >= 0.3 is 0 Å². The molecule has 1 rings (SSSR count). The van der Waals surface area contributed by atoms with Gasteiger partial charge in [-0.05, 0) is 51.8 Å². The minimum Gasteiger partial charge on any atom is -0.357 e. The van der Waals surface area contributed by atoms with Crippen LogP contribution in [0.15, 0.2) is 81.5 Å². The molecular weight excluding hydrogens is 274 g/mol. The predicted octanol–water partition coefficient (Wildman–Crippen LogP) is 6.00. The van der Waals surface area contributed by atoms with Gasteiger partial charge in [0, 0.05) is 15.5 Å². The molecule has 1 nitrogen and oxygen atoms in total. The minimum absolute atomic E-state index is 1.15. The largest absolute Gasteiger partial charge is 0.357 e. The van der Waals surface area contributed by atoms with E-state index in [1.165, 1.54) is 26.7 Å². The second kappa shape index (κ2) is 8.58. The highest BCUT2D eigenvalue weighted by Gasteiger charge is 2.18. The Bertz CT molecular complexity index is 581. The monoisotopic (exact) mass is 299 g/mol. The molecule has 0 radical (unpaired) electrons. The van der Waals surface area contributed by atoms with Crippen molar-refractivity contribution in [3.05, 3.63) is 81.5 Å². The maximum absolute atomic E-state index is 3.90. The second-order valence-corrected chi connectivity index (χ2v) is 5.81. The first-order valence-electron chi connectivity index (χ1n) is 7.20. The fourth-order valence-electron chi connectivity index (χ4n) is 2.05. The lowest BCUT2D eigenvalue weighted by Crippen LogP contribution is -2.16. The molecule has 0 aromatic rings. The van der Waals surface area contributed by atoms with Crippen LogP contribution in [-0.2, 0) is 0 Å². The van der Waals surface area contributed by atoms with Crippen molar-refractivity contribution < 1.29 is 0 Å². The third kappa shape index (κ3) is 4.40. The first-order chi connectivity index (χ1) is 10.1. The van der Waals surface area contributed by atoms with Crippen LogP contribution < -0.4 is 5.32 Å². The van der Waals surface area contributed by atoms with Gasteiger partial charge in [0.1, 0.15) is 0 Å². The molecule has 1 N–H and O–H groups in total. The van der Waals surface area contributed by atoms with Crippen LogP contribution >= 0.6 is 11.8 Å². The molecule has 0 atom stereocenters. The number of rotatable bonds is 5. The summed E-state index contributed by atoms with van der Waals surface area (Å²) in [6.07, 6.45) is 14.5. The van der Waals surface area contributed by atoms with Gasteiger partial charge in [0.25, 0.3) is 0 Å². The van der Waals surface area contributed by atoms with Gasteiger partial charge in [-0.25, -0.2) is 0 Å². The van der Waals surface area contributed by atoms with Crippen molar-refractivity contribution >= 4 is 11.8 Å². The first-order valence-corrected chi connectivity index (χ1v) is 8.02. The Labute approximate surface area is 133 Å². The third-order valence-electron chi connectivity index (χ3n) is 3.10. The highest BCUT2D eigenvalue weighted by Crippen LogP contribution is 2.40. The summed E-state index contributed by atoms with van der Waals surface area (Å²) in [7, 11) is 0. The lowest BCUT2D eigenvalue weighted by molar-refractivity contribution is 0.984. The molecule has 0 aromatic carbocycles. The van der Waals surface area contributed by atoms with Crippen molar-refractivity contribution in [1.82, 2.24) is 5.32 Å². The maximum atomic E-state index is 3.90. The smallest absolute Gasteiger partial charge is 0.0520 e. The van der Waals surface area contributed by atoms with Gasteiger partial charge in [-0.15, -0.1) is 0 Å². The Morgan fingerprint density at radius 1 is 1.10 bits per heavy atom. The van der Waals surface area contributed by atoms with Crippen LogP contribution in [0, 0.1) is 0 Å². The van der Waals surface area contributed by atoms with E-state index in [1.54, 1.807) is 11.8 Å². The molecule has 1 aliphatic heterocycles. The van der Waals surface area contributed by atoms with E-state index in [2.05, 4.69) is 62.2 Å². The van der Waals surface area contributed by atoms with Crippen molar-refractivity contribution in [1.29, 1.82) is 0 Å². The number of allylic oxidation sites excluding steroid dienone is 10. The molecule has 0 saturated heterocycles. The molecule has 0 bridgehead atoms. The quantitative estimate of drug-likeness (QED) is 0.625. The summed E-state index contributed by atoms with van der Waals surface area (Å²) in [6, 6.07) is 0. The Balaban J connectivity index is 3.34. The summed E-state index contributed by atoms with van der Waals surface area (Å²) in [6.45, 7) is 14.2. The molecule has 1 aliphatic rings. The van der Waals surface area contributed by atoms with Gasteiger partial charge in [0.15, 0.2) is 0 Å². The van der Waals surface area contributed by atoms with Crippen LogP contribution in [0.4, 0.5) is 0 Å². The van der Waals surface area contributed by atoms with Gasteiger partial charge in [0.05, 0.1) is 5.70 Å². The molecule has 0 spiro atoms. The topological polar surface area (TPSA) is 12.0 Å². The summed E-state index contributed by atoms with van der Waals surface area (Å²) < 4.78 is 0. The van der Waals surface area contributed by atoms with Gasteiger partial charge in [-0.2, -0.15) is 0 Å². The second-order valence-electron chi connectivity index (χ2n) is 4.76. The summed E-state index contributed by atoms with van der Waals surface area (Å²) in [4.78, 5) is 2.49. The molecule has 0 fully saturated rings. The van der Waals surface area contributed by atoms with Crippen LogP contribution in [0.2, 0.25) is 0 Å². The van der Waals surface area contributed by atoms with E-state index in [4.69, 9.17) is 0 Å². The molecule has 0 aromatic heterocycles. The molecule has 1 heterocycles. The SMILES string of the molecule is C=C/C(C)=C(\C=C/C)C1=C(C)NC(/C=C\C)=C(/C=C\C)S1. The van der Waals surface area contributed by atoms with E-state index in [0.29, 0.717) is 0 Å². The van der Waals surface area contributed by atoms with Crippen LogP contribution in [0.1, 0.15) is 34.6 Å². The highest BCUT2D eigenvalue weighted by molar-refractivity contribution is 8.07. The summed E-state index contributed by atoms with van der Waals surface area (Å²) in [5, 5.41) is 3.52. The number of hydrogen-bond donors (Lipinski definition) is 1. The van der Waals surface area contributed by atoms with Crippen LogP contribution in [0.25, 0.3) is 0 Å². The lowest BCUT2D eigenvalue weighted by atomic mass is 10.1. The number of hydrogen-bond acceptors (Lipinski definition) is 2. The summed E-state index contributed by atoms with van der Waals surface area (Å²) in [5.74, 6) is 0. The van der Waals surface area contributed by atoms with Gasteiger partial charge < -0.3 is 5.32 Å². The van der Waals surface area contributed by atoms with E-state index >= 15 is 0 Å². The van der Waals surface area contributed by atoms with Gasteiger partial charge in [0.2, 0.25) is 0 Å². The highest BCUT2D eigenvalue weighted by atomic mass is 32.2. The fraction of sp³-hybridized carbons (Fsp3) is 0.263. The molecular formula is C19H25NS. The van der Waals surface area contributed by atoms with Gasteiger partial charge in [-0.3, -0.25) is 0 Å². The maximum Gasteiger partial charge on any atom is 0.0520 e. The molecule has 112 valence electrons. The zero-order valence-electron chi connectivity index (χ0n) is 13.7. The standard InChI is InChI=1S/C19H25NS/c1-7-11-16(14(5)10-4)19-15(6)20-17(12-8-2)18(21-19)13-9-3/h7-13,20H,4H2,1-3,5-6H3/b11-7-,12-8-,13-9-,16-14+. The van der Waals surface area contributed by atoms with Crippen molar-refractivity contribution in [3.63, 3.8) is 0 Å². The average Bonchev–Trinajstić information content (AvgIpc) is 2.47. The number of thioether (sulfide) groups is 1. The normalized spacial score (nSPS) is 18.0. The molecule has 2 heteroatoms. The summed E-state index contributed by atoms with van der Waals surface area (Å²) >= 11 is 1.81. The number of nitrogens with one attached hydrogen (secondary N) is 1. The lowest BCUT2D eigenvalue weighted by Gasteiger charge is -2.24. The Kier molecular flexibility index (Phi) is 7.10. The van der Waals surface area contributed by atoms with E-state index in [1.807, 2.05) is 26.8 Å². The molecule has 0 unspecified atom stereocenters. The zero-order chi connectivity index (χ0) is 15.8. The molecule has 0 saturated carbocycles. The predicted molar refractivity (Wildman–Crippen MR) is 97.8 cm³/mol. The van der Waals surface area contributed by atoms with Crippen LogP contribution in [-0.4, -0.2) is 0 Å². The van der Waals surface area contributed by atoms with Crippen LogP contribution in [0.3, 0.4) is 0 Å². The Morgan fingerprint density at radius 2 is 1.76 bits per heavy atom. The average molecular weight is 299 g/mol. The Morgan fingerprint density at radius 3 is 2.29 bits per heavy atom. The van der Waals surface area contributed by atoms with Crippen molar-refractivity contribution in [2.45, 2.75) is 34.6 Å². The van der Waals surface area contributed by atoms with Crippen LogP contribution in [0.5, 0.6) is 0 Å². The molecule has 21 heavy (non-hydrogen) atoms. The van der Waals surface area contributed by atoms with Crippen molar-refractivity contribution in [3.8, 4) is 0 Å². The Hall–Kier alpha value is -1.67. The van der Waals surface area contributed by atoms with Crippen molar-refractivity contribution in [2.24, 2.45) is 0 Å². The third-order valence-corrected chi connectivity index (χ3v) is 4.41. The minimum atomic E-state index is 1.15.